The predicted molar refractivity (Wildman–Crippen MR) is 126 cm³/mol. The fraction of sp³-hybridized carbons (Fsp3) is 0.350. The normalized spacial score (nSPS) is 17.8. The number of benzene rings is 2. The van der Waals surface area contributed by atoms with E-state index in [4.69, 9.17) is 28.6 Å². The minimum Gasteiger partial charge on any atom is -0.379 e. The van der Waals surface area contributed by atoms with Gasteiger partial charge >= 0.3 is 0 Å². The zero-order valence-electron chi connectivity index (χ0n) is 16.2. The summed E-state index contributed by atoms with van der Waals surface area (Å²) in [4.78, 5) is 3.41. The van der Waals surface area contributed by atoms with Crippen molar-refractivity contribution in [2.45, 2.75) is 16.2 Å². The number of sulfonamides is 1. The number of nitrogens with zero attached hydrogens (tertiary/aromatic N) is 2. The van der Waals surface area contributed by atoms with Gasteiger partial charge in [0, 0.05) is 24.5 Å². The Balaban J connectivity index is 1.59. The highest BCUT2D eigenvalue weighted by atomic mass is 35.5. The van der Waals surface area contributed by atoms with Gasteiger partial charge in [-0.15, -0.1) is 11.8 Å². The maximum atomic E-state index is 13.0. The Morgan fingerprint density at radius 2 is 1.90 bits per heavy atom. The predicted octanol–water partition coefficient (Wildman–Crippen LogP) is 4.06. The Hall–Kier alpha value is -1.36. The van der Waals surface area contributed by atoms with Crippen LogP contribution >= 0.6 is 35.6 Å². The fourth-order valence-electron chi connectivity index (χ4n) is 3.42. The lowest BCUT2D eigenvalue weighted by atomic mass is 10.2. The highest BCUT2D eigenvalue weighted by molar-refractivity contribution is 7.99. The molecule has 1 saturated heterocycles. The quantitative estimate of drug-likeness (QED) is 0.660. The van der Waals surface area contributed by atoms with Gasteiger partial charge in [-0.1, -0.05) is 23.7 Å². The van der Waals surface area contributed by atoms with Crippen molar-refractivity contribution in [3.05, 3.63) is 47.5 Å². The average Bonchev–Trinajstić information content (AvgIpc) is 2.98. The number of hydrogen-bond acceptors (Lipinski definition) is 5. The van der Waals surface area contributed by atoms with Gasteiger partial charge in [0.1, 0.15) is 0 Å². The molecule has 30 heavy (non-hydrogen) atoms. The van der Waals surface area contributed by atoms with Gasteiger partial charge in [-0.05, 0) is 54.7 Å². The summed E-state index contributed by atoms with van der Waals surface area (Å²) in [7, 11) is -3.62. The van der Waals surface area contributed by atoms with Crippen LogP contribution in [-0.4, -0.2) is 56.4 Å². The van der Waals surface area contributed by atoms with Gasteiger partial charge in [-0.25, -0.2) is 8.42 Å². The molecule has 1 N–H and O–H groups in total. The van der Waals surface area contributed by atoms with Crippen LogP contribution < -0.4 is 10.2 Å². The first-order valence-corrected chi connectivity index (χ1v) is 12.9. The highest BCUT2D eigenvalue weighted by Gasteiger charge is 2.27. The third-order valence-corrected chi connectivity index (χ3v) is 8.67. The Labute approximate surface area is 191 Å². The summed E-state index contributed by atoms with van der Waals surface area (Å²) < 4.78 is 32.7. The molecule has 2 aliphatic heterocycles. The number of nitrogens with one attached hydrogen (secondary N) is 1. The van der Waals surface area contributed by atoms with Crippen LogP contribution in [0.2, 0.25) is 5.02 Å². The largest absolute Gasteiger partial charge is 0.379 e. The first-order chi connectivity index (χ1) is 14.5. The Morgan fingerprint density at radius 3 is 2.70 bits per heavy atom. The standard InChI is InChI=1S/C20H22ClN3O3S3/c21-16-7-6-15(30(25,26)23-9-11-27-12-10-23)14-17(16)22-20(28)24-8-3-13-29-19-5-2-1-4-18(19)24/h1-2,4-7,14H,3,8-13H2,(H,22,28). The van der Waals surface area contributed by atoms with E-state index in [-0.39, 0.29) is 4.90 Å². The van der Waals surface area contributed by atoms with Crippen LogP contribution in [0.25, 0.3) is 0 Å². The Bertz CT molecular complexity index is 1040. The van der Waals surface area contributed by atoms with Crippen molar-refractivity contribution in [2.24, 2.45) is 0 Å². The van der Waals surface area contributed by atoms with Crippen LogP contribution in [0.1, 0.15) is 6.42 Å². The molecular weight excluding hydrogens is 462 g/mol. The number of rotatable bonds is 3. The molecular formula is C20H22ClN3O3S3. The van der Waals surface area contributed by atoms with Gasteiger partial charge in [0.25, 0.3) is 0 Å². The van der Waals surface area contributed by atoms with Gasteiger partial charge in [0.15, 0.2) is 5.11 Å². The molecule has 6 nitrogen and oxygen atoms in total. The third-order valence-electron chi connectivity index (χ3n) is 4.97. The number of thioether (sulfide) groups is 1. The highest BCUT2D eigenvalue weighted by Crippen LogP contribution is 2.34. The molecule has 0 atom stereocenters. The number of ether oxygens (including phenoxy) is 1. The molecule has 0 radical (unpaired) electrons. The minimum absolute atomic E-state index is 0.186. The van der Waals surface area contributed by atoms with Crippen molar-refractivity contribution in [1.82, 2.24) is 4.31 Å². The lowest BCUT2D eigenvalue weighted by Gasteiger charge is -2.27. The van der Waals surface area contributed by atoms with Gasteiger partial charge < -0.3 is 15.0 Å². The second kappa shape index (κ2) is 9.42. The molecule has 4 rings (SSSR count). The molecule has 0 aromatic heterocycles. The second-order valence-electron chi connectivity index (χ2n) is 6.91. The van der Waals surface area contributed by atoms with Gasteiger partial charge in [-0.3, -0.25) is 0 Å². The van der Waals surface area contributed by atoms with Crippen molar-refractivity contribution < 1.29 is 13.2 Å². The summed E-state index contributed by atoms with van der Waals surface area (Å²) in [6.07, 6.45) is 0.986. The number of hydrogen-bond donors (Lipinski definition) is 1. The number of fused-ring (bicyclic) bond motifs is 1. The number of para-hydroxylation sites is 1. The number of anilines is 2. The molecule has 0 unspecified atom stereocenters. The average molecular weight is 484 g/mol. The third kappa shape index (κ3) is 4.61. The molecule has 160 valence electrons. The maximum absolute atomic E-state index is 13.0. The zero-order chi connectivity index (χ0) is 21.1. The van der Waals surface area contributed by atoms with E-state index in [1.807, 2.05) is 34.9 Å². The van der Waals surface area contributed by atoms with E-state index < -0.39 is 10.0 Å². The fourth-order valence-corrected chi connectivity index (χ4v) is 6.31. The number of thiocarbonyl (C=S) groups is 1. The van der Waals surface area contributed by atoms with Gasteiger partial charge in [0.2, 0.25) is 10.0 Å². The molecule has 2 aliphatic rings. The van der Waals surface area contributed by atoms with Crippen LogP contribution in [0.4, 0.5) is 11.4 Å². The summed E-state index contributed by atoms with van der Waals surface area (Å²) in [6.45, 7) is 2.25. The Morgan fingerprint density at radius 1 is 1.13 bits per heavy atom. The lowest BCUT2D eigenvalue weighted by molar-refractivity contribution is 0.0730. The zero-order valence-corrected chi connectivity index (χ0v) is 19.4. The van der Waals surface area contributed by atoms with Crippen molar-refractivity contribution >= 4 is 62.1 Å². The van der Waals surface area contributed by atoms with E-state index in [1.165, 1.54) is 15.3 Å². The molecule has 1 fully saturated rings. The first-order valence-electron chi connectivity index (χ1n) is 9.64. The smallest absolute Gasteiger partial charge is 0.243 e. The lowest BCUT2D eigenvalue weighted by Crippen LogP contribution is -2.40. The second-order valence-corrected chi connectivity index (χ2v) is 10.8. The summed E-state index contributed by atoms with van der Waals surface area (Å²) in [5.41, 5.74) is 1.52. The SMILES string of the molecule is O=S(=O)(c1ccc(Cl)c(NC(=S)N2CCCSc3ccccc32)c1)N1CCOCC1. The molecule has 10 heteroatoms. The van der Waals surface area contributed by atoms with E-state index >= 15 is 0 Å². The molecule has 0 amide bonds. The van der Waals surface area contributed by atoms with E-state index in [1.54, 1.807) is 12.1 Å². The molecule has 0 spiro atoms. The first kappa shape index (κ1) is 21.9. The van der Waals surface area contributed by atoms with Crippen molar-refractivity contribution in [1.29, 1.82) is 0 Å². The summed E-state index contributed by atoms with van der Waals surface area (Å²) in [6, 6.07) is 12.8. The van der Waals surface area contributed by atoms with E-state index in [0.717, 1.165) is 24.4 Å². The monoisotopic (exact) mass is 483 g/mol. The maximum Gasteiger partial charge on any atom is 0.243 e. The van der Waals surface area contributed by atoms with E-state index in [0.29, 0.717) is 42.1 Å². The summed E-state index contributed by atoms with van der Waals surface area (Å²) in [5.74, 6) is 1.02. The van der Waals surface area contributed by atoms with Crippen LogP contribution in [0.5, 0.6) is 0 Å². The molecule has 2 aromatic carbocycles. The van der Waals surface area contributed by atoms with Gasteiger partial charge in [0.05, 0.1) is 34.5 Å². The van der Waals surface area contributed by atoms with Crippen LogP contribution in [0.3, 0.4) is 0 Å². The van der Waals surface area contributed by atoms with Crippen LogP contribution in [-0.2, 0) is 14.8 Å². The Kier molecular flexibility index (Phi) is 6.86. The summed E-state index contributed by atoms with van der Waals surface area (Å²) in [5, 5.41) is 4.08. The topological polar surface area (TPSA) is 61.9 Å². The molecule has 0 bridgehead atoms. The van der Waals surface area contributed by atoms with Crippen molar-refractivity contribution in [2.75, 3.05) is 48.8 Å². The molecule has 2 heterocycles. The van der Waals surface area contributed by atoms with Crippen molar-refractivity contribution in [3.8, 4) is 0 Å². The minimum atomic E-state index is -3.62. The van der Waals surface area contributed by atoms with E-state index in [2.05, 4.69) is 11.4 Å². The number of morpholine rings is 1. The van der Waals surface area contributed by atoms with Crippen molar-refractivity contribution in [3.63, 3.8) is 0 Å². The van der Waals surface area contributed by atoms with E-state index in [9.17, 15) is 8.42 Å². The number of halogens is 1. The van der Waals surface area contributed by atoms with Crippen LogP contribution in [0, 0.1) is 0 Å². The molecule has 0 aliphatic carbocycles. The summed E-state index contributed by atoms with van der Waals surface area (Å²) >= 11 is 13.9. The van der Waals surface area contributed by atoms with Gasteiger partial charge in [-0.2, -0.15) is 4.31 Å². The van der Waals surface area contributed by atoms with Crippen LogP contribution in [0.15, 0.2) is 52.3 Å². The molecule has 2 aromatic rings. The molecule has 0 saturated carbocycles.